The molecule has 0 radical (unpaired) electrons. The van der Waals surface area contributed by atoms with Gasteiger partial charge < -0.3 is 9.30 Å². The molecule has 0 aliphatic rings. The van der Waals surface area contributed by atoms with E-state index in [1.54, 1.807) is 35.3 Å². The van der Waals surface area contributed by atoms with Gasteiger partial charge >= 0.3 is 6.18 Å². The molecule has 3 heterocycles. The Labute approximate surface area is 141 Å². The zero-order valence-electron chi connectivity index (χ0n) is 13.4. The minimum Gasteiger partial charge on any atom is -0.481 e. The molecular formula is C16H14F3N5O. The standard InChI is InChI=1S/C16H14F3N5O/c1-10-7-12(16(17,18)19)23-13(22-10)9-24-6-5-21-15(24)11-3-4-20-14(8-11)25-2/h3-8H,9H2,1-2H3. The highest BCUT2D eigenvalue weighted by molar-refractivity contribution is 5.56. The third-order valence-electron chi connectivity index (χ3n) is 3.42. The highest BCUT2D eigenvalue weighted by Gasteiger charge is 2.33. The smallest absolute Gasteiger partial charge is 0.433 e. The average molecular weight is 349 g/mol. The largest absolute Gasteiger partial charge is 0.481 e. The van der Waals surface area contributed by atoms with Gasteiger partial charge in [-0.15, -0.1) is 0 Å². The predicted molar refractivity (Wildman–Crippen MR) is 82.9 cm³/mol. The molecule has 25 heavy (non-hydrogen) atoms. The first-order valence-electron chi connectivity index (χ1n) is 7.30. The summed E-state index contributed by atoms with van der Waals surface area (Å²) in [6.07, 6.45) is 0.265. The molecule has 9 heteroatoms. The Morgan fingerprint density at radius 3 is 2.64 bits per heavy atom. The number of pyridine rings is 1. The lowest BCUT2D eigenvalue weighted by atomic mass is 10.2. The number of hydrogen-bond acceptors (Lipinski definition) is 5. The predicted octanol–water partition coefficient (Wildman–Crippen LogP) is 3.12. The highest BCUT2D eigenvalue weighted by Crippen LogP contribution is 2.28. The molecule has 0 aromatic carbocycles. The zero-order chi connectivity index (χ0) is 18.0. The van der Waals surface area contributed by atoms with Crippen LogP contribution in [0.25, 0.3) is 11.4 Å². The van der Waals surface area contributed by atoms with Gasteiger partial charge in [-0.05, 0) is 19.1 Å². The molecule has 3 rings (SSSR count). The van der Waals surface area contributed by atoms with Crippen molar-refractivity contribution >= 4 is 0 Å². The van der Waals surface area contributed by atoms with Crippen molar-refractivity contribution in [1.82, 2.24) is 24.5 Å². The minimum atomic E-state index is -4.52. The fourth-order valence-electron chi connectivity index (χ4n) is 2.36. The maximum absolute atomic E-state index is 12.9. The molecule has 0 aliphatic carbocycles. The lowest BCUT2D eigenvalue weighted by Gasteiger charge is -2.11. The number of ether oxygens (including phenoxy) is 1. The number of aryl methyl sites for hydroxylation is 1. The summed E-state index contributed by atoms with van der Waals surface area (Å²) in [5.74, 6) is 1.03. The summed E-state index contributed by atoms with van der Waals surface area (Å²) in [5, 5.41) is 0. The first-order chi connectivity index (χ1) is 11.9. The van der Waals surface area contributed by atoms with Crippen molar-refractivity contribution in [3.8, 4) is 17.3 Å². The number of hydrogen-bond donors (Lipinski definition) is 0. The third kappa shape index (κ3) is 3.76. The number of halogens is 3. The van der Waals surface area contributed by atoms with Crippen LogP contribution in [0, 0.1) is 6.92 Å². The van der Waals surface area contributed by atoms with Crippen molar-refractivity contribution in [2.24, 2.45) is 0 Å². The van der Waals surface area contributed by atoms with E-state index in [1.165, 1.54) is 14.0 Å². The van der Waals surface area contributed by atoms with Crippen molar-refractivity contribution < 1.29 is 17.9 Å². The molecular weight excluding hydrogens is 335 g/mol. The van der Waals surface area contributed by atoms with E-state index in [0.717, 1.165) is 11.6 Å². The van der Waals surface area contributed by atoms with Crippen LogP contribution in [0.4, 0.5) is 13.2 Å². The molecule has 0 amide bonds. The first-order valence-corrected chi connectivity index (χ1v) is 7.30. The number of rotatable bonds is 4. The van der Waals surface area contributed by atoms with Gasteiger partial charge in [0.2, 0.25) is 5.88 Å². The fraction of sp³-hybridized carbons (Fsp3) is 0.250. The minimum absolute atomic E-state index is 0.0602. The first kappa shape index (κ1) is 16.9. The van der Waals surface area contributed by atoms with Gasteiger partial charge in [0.05, 0.1) is 13.7 Å². The summed E-state index contributed by atoms with van der Waals surface area (Å²) in [6, 6.07) is 4.35. The van der Waals surface area contributed by atoms with Crippen molar-refractivity contribution in [1.29, 1.82) is 0 Å². The van der Waals surface area contributed by atoms with E-state index in [4.69, 9.17) is 4.74 Å². The Morgan fingerprint density at radius 1 is 1.12 bits per heavy atom. The van der Waals surface area contributed by atoms with Gasteiger partial charge in [0.1, 0.15) is 17.3 Å². The number of methoxy groups -OCH3 is 1. The summed E-state index contributed by atoms with van der Waals surface area (Å²) < 4.78 is 45.5. The normalized spacial score (nSPS) is 11.6. The van der Waals surface area contributed by atoms with Gasteiger partial charge in [-0.25, -0.2) is 19.9 Å². The number of nitrogens with zero attached hydrogens (tertiary/aromatic N) is 5. The average Bonchev–Trinajstić information content (AvgIpc) is 3.01. The van der Waals surface area contributed by atoms with E-state index < -0.39 is 11.9 Å². The second-order valence-electron chi connectivity index (χ2n) is 5.27. The van der Waals surface area contributed by atoms with Crippen LogP contribution in [0.15, 0.2) is 36.8 Å². The maximum Gasteiger partial charge on any atom is 0.433 e. The molecule has 0 fully saturated rings. The Bertz CT molecular complexity index is 891. The van der Waals surface area contributed by atoms with Crippen LogP contribution < -0.4 is 4.74 Å². The summed E-state index contributed by atoms with van der Waals surface area (Å²) in [6.45, 7) is 1.56. The van der Waals surface area contributed by atoms with Gasteiger partial charge in [0.15, 0.2) is 0 Å². The lowest BCUT2D eigenvalue weighted by Crippen LogP contribution is -2.14. The van der Waals surface area contributed by atoms with Crippen molar-refractivity contribution in [2.45, 2.75) is 19.6 Å². The van der Waals surface area contributed by atoms with Gasteiger partial charge in [-0.1, -0.05) is 0 Å². The summed E-state index contributed by atoms with van der Waals surface area (Å²) in [5.41, 5.74) is 0.0207. The van der Waals surface area contributed by atoms with Crippen LogP contribution in [0.1, 0.15) is 17.2 Å². The van der Waals surface area contributed by atoms with Crippen LogP contribution >= 0.6 is 0 Å². The quantitative estimate of drug-likeness (QED) is 0.724. The van der Waals surface area contributed by atoms with E-state index in [9.17, 15) is 13.2 Å². The van der Waals surface area contributed by atoms with Crippen LogP contribution in [-0.2, 0) is 12.7 Å². The van der Waals surface area contributed by atoms with Gasteiger partial charge in [-0.3, -0.25) is 0 Å². The second-order valence-corrected chi connectivity index (χ2v) is 5.27. The molecule has 0 saturated heterocycles. The number of imidazole rings is 1. The fourth-order valence-corrected chi connectivity index (χ4v) is 2.36. The van der Waals surface area contributed by atoms with E-state index in [1.807, 2.05) is 0 Å². The molecule has 3 aromatic heterocycles. The van der Waals surface area contributed by atoms with Gasteiger partial charge in [-0.2, -0.15) is 13.2 Å². The Kier molecular flexibility index (Phi) is 4.39. The van der Waals surface area contributed by atoms with E-state index in [0.29, 0.717) is 11.7 Å². The van der Waals surface area contributed by atoms with Crippen LogP contribution in [-0.4, -0.2) is 31.6 Å². The van der Waals surface area contributed by atoms with Crippen molar-refractivity contribution in [2.75, 3.05) is 7.11 Å². The van der Waals surface area contributed by atoms with Crippen LogP contribution in [0.3, 0.4) is 0 Å². The molecule has 0 unspecified atom stereocenters. The van der Waals surface area contributed by atoms with E-state index in [2.05, 4.69) is 19.9 Å². The molecule has 3 aromatic rings. The van der Waals surface area contributed by atoms with Gasteiger partial charge in [0.25, 0.3) is 0 Å². The maximum atomic E-state index is 12.9. The van der Waals surface area contributed by atoms with E-state index >= 15 is 0 Å². The molecule has 0 N–H and O–H groups in total. The number of aromatic nitrogens is 5. The molecule has 0 atom stereocenters. The zero-order valence-corrected chi connectivity index (χ0v) is 13.4. The highest BCUT2D eigenvalue weighted by atomic mass is 19.4. The van der Waals surface area contributed by atoms with Crippen LogP contribution in [0.2, 0.25) is 0 Å². The molecule has 130 valence electrons. The third-order valence-corrected chi connectivity index (χ3v) is 3.42. The van der Waals surface area contributed by atoms with Gasteiger partial charge in [0, 0.05) is 35.9 Å². The molecule has 6 nitrogen and oxygen atoms in total. The number of alkyl halides is 3. The Morgan fingerprint density at radius 2 is 1.92 bits per heavy atom. The topological polar surface area (TPSA) is 65.7 Å². The molecule has 0 aliphatic heterocycles. The SMILES string of the molecule is COc1cc(-c2nccn2Cc2nc(C)cc(C(F)(F)F)n2)ccn1. The molecule has 0 spiro atoms. The van der Waals surface area contributed by atoms with Crippen molar-refractivity contribution in [3.05, 3.63) is 54.0 Å². The summed E-state index contributed by atoms with van der Waals surface area (Å²) in [7, 11) is 1.50. The second kappa shape index (κ2) is 6.50. The summed E-state index contributed by atoms with van der Waals surface area (Å²) in [4.78, 5) is 16.0. The monoisotopic (exact) mass is 349 g/mol. The Balaban J connectivity index is 1.95. The molecule has 0 saturated carbocycles. The van der Waals surface area contributed by atoms with Crippen LogP contribution in [0.5, 0.6) is 5.88 Å². The Hall–Kier alpha value is -2.97. The summed E-state index contributed by atoms with van der Waals surface area (Å²) >= 11 is 0. The van der Waals surface area contributed by atoms with Crippen molar-refractivity contribution in [3.63, 3.8) is 0 Å². The lowest BCUT2D eigenvalue weighted by molar-refractivity contribution is -0.141. The molecule has 0 bridgehead atoms. The van der Waals surface area contributed by atoms with E-state index in [-0.39, 0.29) is 18.1 Å².